The van der Waals surface area contributed by atoms with Crippen molar-refractivity contribution in [3.05, 3.63) is 12.3 Å². The summed E-state index contributed by atoms with van der Waals surface area (Å²) >= 11 is 0. The van der Waals surface area contributed by atoms with Crippen LogP contribution in [0.4, 0.5) is 4.79 Å². The summed E-state index contributed by atoms with van der Waals surface area (Å²) in [7, 11) is 1.50. The molecular formula is C11H18N2O5. The smallest absolute Gasteiger partial charge is 0.408 e. The number of piperidine rings is 1. The number of hydrogen-bond donors (Lipinski definition) is 3. The molecule has 1 amide bonds. The first-order valence-corrected chi connectivity index (χ1v) is 5.72. The van der Waals surface area contributed by atoms with Crippen molar-refractivity contribution in [3.8, 4) is 0 Å². The molecule has 0 aliphatic carbocycles. The van der Waals surface area contributed by atoms with E-state index in [2.05, 4.69) is 10.3 Å². The van der Waals surface area contributed by atoms with E-state index in [9.17, 15) is 9.59 Å². The fraction of sp³-hybridized carbons (Fsp3) is 0.636. The van der Waals surface area contributed by atoms with Gasteiger partial charge in [0.15, 0.2) is 0 Å². The second kappa shape index (κ2) is 6.85. The van der Waals surface area contributed by atoms with Crippen LogP contribution in [0.15, 0.2) is 12.3 Å². The first-order valence-electron chi connectivity index (χ1n) is 5.72. The predicted molar refractivity (Wildman–Crippen MR) is 62.8 cm³/mol. The molecule has 7 heteroatoms. The Kier molecular flexibility index (Phi) is 5.44. The molecule has 2 unspecified atom stereocenters. The largest absolute Gasteiger partial charge is 0.480 e. The topological polar surface area (TPSA) is 99.1 Å². The SMILES string of the molecule is CONC=CCC1CCN(C(=O)O)C(C(=O)O)C1. The Bertz CT molecular complexity index is 331. The molecule has 102 valence electrons. The molecule has 1 aliphatic heterocycles. The number of carbonyl (C=O) groups is 2. The molecule has 0 bridgehead atoms. The van der Waals surface area contributed by atoms with Gasteiger partial charge < -0.3 is 10.2 Å². The summed E-state index contributed by atoms with van der Waals surface area (Å²) in [6.45, 7) is 0.266. The van der Waals surface area contributed by atoms with E-state index in [0.717, 1.165) is 4.90 Å². The van der Waals surface area contributed by atoms with Crippen LogP contribution in [0, 0.1) is 5.92 Å². The van der Waals surface area contributed by atoms with E-state index in [4.69, 9.17) is 10.2 Å². The number of amides is 1. The number of likely N-dealkylation sites (tertiary alicyclic amines) is 1. The highest BCUT2D eigenvalue weighted by atomic mass is 16.6. The number of hydroxylamine groups is 1. The normalized spacial score (nSPS) is 24.2. The maximum atomic E-state index is 11.0. The number of nitrogens with zero attached hydrogens (tertiary/aromatic N) is 1. The molecule has 0 radical (unpaired) electrons. The van der Waals surface area contributed by atoms with Gasteiger partial charge in [-0.3, -0.25) is 15.2 Å². The zero-order chi connectivity index (χ0) is 13.5. The maximum Gasteiger partial charge on any atom is 0.408 e. The van der Waals surface area contributed by atoms with Gasteiger partial charge in [-0.15, -0.1) is 0 Å². The van der Waals surface area contributed by atoms with Crippen molar-refractivity contribution >= 4 is 12.1 Å². The van der Waals surface area contributed by atoms with Crippen LogP contribution in [0.1, 0.15) is 19.3 Å². The average Bonchev–Trinajstić information content (AvgIpc) is 2.34. The van der Waals surface area contributed by atoms with Gasteiger partial charge in [0.2, 0.25) is 0 Å². The van der Waals surface area contributed by atoms with Crippen LogP contribution < -0.4 is 5.48 Å². The standard InChI is InChI=1S/C11H18N2O5/c1-18-12-5-2-3-8-4-6-13(11(16)17)9(7-8)10(14)15/h2,5,8-9,12H,3-4,6-7H2,1H3,(H,14,15)(H,16,17). The van der Waals surface area contributed by atoms with Gasteiger partial charge in [-0.1, -0.05) is 6.08 Å². The third-order valence-corrected chi connectivity index (χ3v) is 3.01. The lowest BCUT2D eigenvalue weighted by molar-refractivity contribution is -0.144. The summed E-state index contributed by atoms with van der Waals surface area (Å²) in [5.74, 6) is -0.905. The average molecular weight is 258 g/mol. The van der Waals surface area contributed by atoms with Gasteiger partial charge in [0, 0.05) is 12.7 Å². The van der Waals surface area contributed by atoms with E-state index in [1.807, 2.05) is 6.08 Å². The van der Waals surface area contributed by atoms with E-state index in [0.29, 0.717) is 19.3 Å². The Morgan fingerprint density at radius 3 is 2.78 bits per heavy atom. The fourth-order valence-electron chi connectivity index (χ4n) is 2.09. The Balaban J connectivity index is 2.52. The van der Waals surface area contributed by atoms with Gasteiger partial charge in [0.1, 0.15) is 6.04 Å². The van der Waals surface area contributed by atoms with Crippen molar-refractivity contribution in [1.82, 2.24) is 10.4 Å². The third-order valence-electron chi connectivity index (χ3n) is 3.01. The van der Waals surface area contributed by atoms with Crippen molar-refractivity contribution in [1.29, 1.82) is 0 Å². The minimum absolute atomic E-state index is 0.177. The van der Waals surface area contributed by atoms with Crippen molar-refractivity contribution in [2.45, 2.75) is 25.3 Å². The first kappa shape index (κ1) is 14.3. The summed E-state index contributed by atoms with van der Waals surface area (Å²) in [4.78, 5) is 27.6. The minimum Gasteiger partial charge on any atom is -0.480 e. The van der Waals surface area contributed by atoms with Crippen LogP contribution in [0.2, 0.25) is 0 Å². The summed E-state index contributed by atoms with van der Waals surface area (Å²) in [6, 6.07) is -0.940. The monoisotopic (exact) mass is 258 g/mol. The molecule has 3 N–H and O–H groups in total. The second-order valence-corrected chi connectivity index (χ2v) is 4.18. The molecule has 1 heterocycles. The number of allylic oxidation sites excluding steroid dienone is 1. The molecule has 18 heavy (non-hydrogen) atoms. The van der Waals surface area contributed by atoms with E-state index < -0.39 is 18.1 Å². The van der Waals surface area contributed by atoms with Crippen molar-refractivity contribution in [2.24, 2.45) is 5.92 Å². The zero-order valence-corrected chi connectivity index (χ0v) is 10.2. The lowest BCUT2D eigenvalue weighted by atomic mass is 9.88. The molecule has 0 aromatic carbocycles. The number of hydrogen-bond acceptors (Lipinski definition) is 4. The predicted octanol–water partition coefficient (Wildman–Crippen LogP) is 0.884. The molecule has 1 rings (SSSR count). The maximum absolute atomic E-state index is 11.0. The first-order chi connectivity index (χ1) is 8.56. The lowest BCUT2D eigenvalue weighted by Gasteiger charge is -2.34. The van der Waals surface area contributed by atoms with Crippen molar-refractivity contribution < 1.29 is 24.6 Å². The Labute approximate surface area is 105 Å². The minimum atomic E-state index is -1.17. The van der Waals surface area contributed by atoms with Crippen LogP contribution in [-0.2, 0) is 9.63 Å². The van der Waals surface area contributed by atoms with Crippen LogP contribution in [0.3, 0.4) is 0 Å². The third kappa shape index (κ3) is 3.92. The summed E-state index contributed by atoms with van der Waals surface area (Å²) in [5.41, 5.74) is 2.55. The van der Waals surface area contributed by atoms with Crippen molar-refractivity contribution in [2.75, 3.05) is 13.7 Å². The van der Waals surface area contributed by atoms with Gasteiger partial charge >= 0.3 is 12.1 Å². The number of aliphatic carboxylic acids is 1. The molecule has 0 aromatic rings. The van der Waals surface area contributed by atoms with Gasteiger partial charge in [-0.25, -0.2) is 9.59 Å². The number of carboxylic acid groups (broad SMARTS) is 2. The van der Waals surface area contributed by atoms with Gasteiger partial charge in [0.05, 0.1) is 7.11 Å². The van der Waals surface area contributed by atoms with Gasteiger partial charge in [-0.05, 0) is 25.2 Å². The van der Waals surface area contributed by atoms with E-state index in [1.165, 1.54) is 7.11 Å². The summed E-state index contributed by atoms with van der Waals surface area (Å²) in [6.07, 6.45) is 4.04. The second-order valence-electron chi connectivity index (χ2n) is 4.18. The molecule has 1 aliphatic rings. The van der Waals surface area contributed by atoms with Crippen LogP contribution in [0.25, 0.3) is 0 Å². The molecule has 1 saturated heterocycles. The number of rotatable bonds is 5. The Morgan fingerprint density at radius 2 is 2.22 bits per heavy atom. The Hall–Kier alpha value is -1.76. The van der Waals surface area contributed by atoms with Crippen LogP contribution >= 0.6 is 0 Å². The van der Waals surface area contributed by atoms with E-state index in [1.54, 1.807) is 6.20 Å². The molecule has 2 atom stereocenters. The Morgan fingerprint density at radius 1 is 1.50 bits per heavy atom. The molecule has 7 nitrogen and oxygen atoms in total. The number of nitrogens with one attached hydrogen (secondary N) is 1. The molecule has 0 spiro atoms. The lowest BCUT2D eigenvalue weighted by Crippen LogP contribution is -2.49. The van der Waals surface area contributed by atoms with E-state index in [-0.39, 0.29) is 12.5 Å². The number of carboxylic acids is 1. The highest BCUT2D eigenvalue weighted by Gasteiger charge is 2.35. The van der Waals surface area contributed by atoms with Crippen LogP contribution in [-0.4, -0.2) is 46.9 Å². The molecule has 1 fully saturated rings. The molecule has 0 saturated carbocycles. The summed E-state index contributed by atoms with van der Waals surface area (Å²) in [5, 5.41) is 17.9. The highest BCUT2D eigenvalue weighted by molar-refractivity contribution is 5.79. The molecular weight excluding hydrogens is 240 g/mol. The van der Waals surface area contributed by atoms with Crippen LogP contribution in [0.5, 0.6) is 0 Å². The highest BCUT2D eigenvalue weighted by Crippen LogP contribution is 2.26. The van der Waals surface area contributed by atoms with Gasteiger partial charge in [-0.2, -0.15) is 0 Å². The quantitative estimate of drug-likeness (QED) is 0.633. The van der Waals surface area contributed by atoms with Crippen molar-refractivity contribution in [3.63, 3.8) is 0 Å². The van der Waals surface area contributed by atoms with E-state index >= 15 is 0 Å². The van der Waals surface area contributed by atoms with Gasteiger partial charge in [0.25, 0.3) is 0 Å². The zero-order valence-electron chi connectivity index (χ0n) is 10.2. The fourth-order valence-corrected chi connectivity index (χ4v) is 2.09. The summed E-state index contributed by atoms with van der Waals surface area (Å²) < 4.78 is 0. The molecule has 0 aromatic heterocycles.